The molecule has 0 saturated carbocycles. The van der Waals surface area contributed by atoms with E-state index in [-0.39, 0.29) is 43.4 Å². The highest BCUT2D eigenvalue weighted by Gasteiger charge is 2.44. The van der Waals surface area contributed by atoms with E-state index in [9.17, 15) is 37.1 Å². The Morgan fingerprint density at radius 1 is 1.06 bits per heavy atom. The van der Waals surface area contributed by atoms with Crippen LogP contribution in [0.5, 0.6) is 5.88 Å². The van der Waals surface area contributed by atoms with Crippen molar-refractivity contribution in [3.63, 3.8) is 0 Å². The molecule has 2 aliphatic rings. The largest absolute Gasteiger partial charge is 0.469 e. The minimum Gasteiger partial charge on any atom is -0.469 e. The van der Waals surface area contributed by atoms with Gasteiger partial charge >= 0.3 is 6.18 Å². The van der Waals surface area contributed by atoms with Gasteiger partial charge in [-0.05, 0) is 63.2 Å². The van der Waals surface area contributed by atoms with Crippen molar-refractivity contribution >= 4 is 29.4 Å². The Bertz CT molecular complexity index is 1700. The smallest absolute Gasteiger partial charge is 0.435 e. The van der Waals surface area contributed by atoms with Gasteiger partial charge in [-0.3, -0.25) is 29.0 Å². The SMILES string of the molecule is CN(C)Cc1ccc(C(=O)N[C@H]2CCC(=O)N3CCC[C@@H](C(=O)NCC(=O)COc4cc(C(F)(F)F)nn4-c4ccccn4)N3C2=O)cc1. The lowest BCUT2D eigenvalue weighted by atomic mass is 10.1. The number of Topliss-reactive ketones (excluding diaryl/α,β-unsaturated/α-hetero) is 1. The molecular formula is C32H35F3N8O6. The molecule has 0 aliphatic carbocycles. The fourth-order valence-electron chi connectivity index (χ4n) is 5.53. The molecule has 2 aromatic heterocycles. The molecule has 2 fully saturated rings. The molecule has 0 radical (unpaired) electrons. The number of rotatable bonds is 11. The molecule has 3 aromatic rings. The number of amides is 4. The van der Waals surface area contributed by atoms with Crippen LogP contribution in [0, 0.1) is 0 Å². The normalized spacial score (nSPS) is 18.2. The third kappa shape index (κ3) is 8.40. The van der Waals surface area contributed by atoms with Gasteiger partial charge in [0, 0.05) is 37.3 Å². The highest BCUT2D eigenvalue weighted by Crippen LogP contribution is 2.32. The van der Waals surface area contributed by atoms with Crippen LogP contribution in [0.15, 0.2) is 54.7 Å². The second-order valence-corrected chi connectivity index (χ2v) is 11.9. The standard InChI is InChI=1S/C32H35F3N8O6/c1-40(2)18-20-8-10-21(11-9-20)29(46)38-23-12-13-27(45)41-15-5-6-24(43(41)31(23)48)30(47)37-17-22(44)19-49-28-16-25(32(33,34)35)39-42(28)26-7-3-4-14-36-26/h3-4,7-11,14,16,23-24H,5-6,12-13,15,17-19H2,1-2H3,(H,37,47)(H,38,46)/t23-,24-/m0/s1. The van der Waals surface area contributed by atoms with Gasteiger partial charge in [0.2, 0.25) is 17.7 Å². The van der Waals surface area contributed by atoms with Crippen LogP contribution in [0.4, 0.5) is 13.2 Å². The van der Waals surface area contributed by atoms with Crippen LogP contribution < -0.4 is 15.4 Å². The number of halogens is 3. The quantitative estimate of drug-likeness (QED) is 0.307. The Labute approximate surface area is 279 Å². The first-order valence-corrected chi connectivity index (χ1v) is 15.5. The number of aromatic nitrogens is 3. The Balaban J connectivity index is 1.22. The van der Waals surface area contributed by atoms with E-state index in [1.165, 1.54) is 23.3 Å². The summed E-state index contributed by atoms with van der Waals surface area (Å²) < 4.78 is 46.2. The van der Waals surface area contributed by atoms with Crippen molar-refractivity contribution in [2.45, 2.75) is 50.5 Å². The summed E-state index contributed by atoms with van der Waals surface area (Å²) >= 11 is 0. The van der Waals surface area contributed by atoms with Crippen molar-refractivity contribution in [2.75, 3.05) is 33.8 Å². The van der Waals surface area contributed by atoms with Gasteiger partial charge in [0.15, 0.2) is 23.9 Å². The number of ether oxygens (including phenoxy) is 1. The van der Waals surface area contributed by atoms with E-state index in [2.05, 4.69) is 20.7 Å². The van der Waals surface area contributed by atoms with Crippen molar-refractivity contribution in [1.29, 1.82) is 0 Å². The molecule has 4 heterocycles. The van der Waals surface area contributed by atoms with Crippen molar-refractivity contribution < 1.29 is 41.9 Å². The van der Waals surface area contributed by atoms with Crippen molar-refractivity contribution in [3.8, 4) is 11.7 Å². The van der Waals surface area contributed by atoms with Gasteiger partial charge in [-0.1, -0.05) is 18.2 Å². The molecular weight excluding hydrogens is 649 g/mol. The predicted molar refractivity (Wildman–Crippen MR) is 166 cm³/mol. The van der Waals surface area contributed by atoms with Crippen LogP contribution in [0.2, 0.25) is 0 Å². The van der Waals surface area contributed by atoms with Crippen LogP contribution in [-0.4, -0.2) is 105 Å². The van der Waals surface area contributed by atoms with Crippen LogP contribution in [0.1, 0.15) is 47.3 Å². The van der Waals surface area contributed by atoms with Gasteiger partial charge in [0.05, 0.1) is 6.54 Å². The van der Waals surface area contributed by atoms with Crippen LogP contribution >= 0.6 is 0 Å². The maximum atomic E-state index is 13.8. The highest BCUT2D eigenvalue weighted by molar-refractivity contribution is 6.00. The molecule has 1 aromatic carbocycles. The molecule has 49 heavy (non-hydrogen) atoms. The number of hydrogen-bond donors (Lipinski definition) is 2. The number of hydrazine groups is 1. The number of hydrogen-bond acceptors (Lipinski definition) is 9. The lowest BCUT2D eigenvalue weighted by molar-refractivity contribution is -0.176. The fraction of sp³-hybridized carbons (Fsp3) is 0.406. The summed E-state index contributed by atoms with van der Waals surface area (Å²) in [5.74, 6) is -3.31. The van der Waals surface area contributed by atoms with Gasteiger partial charge in [-0.15, -0.1) is 0 Å². The first-order chi connectivity index (χ1) is 23.3. The Morgan fingerprint density at radius 2 is 1.82 bits per heavy atom. The van der Waals surface area contributed by atoms with Crippen LogP contribution in [-0.2, 0) is 31.9 Å². The van der Waals surface area contributed by atoms with Crippen molar-refractivity contribution in [3.05, 3.63) is 71.5 Å². The average molecular weight is 685 g/mol. The van der Waals surface area contributed by atoms with E-state index < -0.39 is 60.6 Å². The minimum absolute atomic E-state index is 0.0275. The zero-order valence-electron chi connectivity index (χ0n) is 26.8. The zero-order valence-corrected chi connectivity index (χ0v) is 26.8. The molecule has 0 spiro atoms. The maximum Gasteiger partial charge on any atom is 0.435 e. The number of ketones is 1. The molecule has 4 amide bonds. The van der Waals surface area contributed by atoms with Gasteiger partial charge in [-0.25, -0.2) is 9.99 Å². The van der Waals surface area contributed by atoms with Gasteiger partial charge in [0.1, 0.15) is 12.1 Å². The third-order valence-electron chi connectivity index (χ3n) is 7.86. The molecule has 260 valence electrons. The topological polar surface area (TPSA) is 159 Å². The summed E-state index contributed by atoms with van der Waals surface area (Å²) in [5.41, 5.74) is 0.0705. The van der Waals surface area contributed by atoms with E-state index in [1.54, 1.807) is 30.3 Å². The van der Waals surface area contributed by atoms with Gasteiger partial charge in [0.25, 0.3) is 11.8 Å². The molecule has 2 N–H and O–H groups in total. The molecule has 2 aliphatic heterocycles. The van der Waals surface area contributed by atoms with Crippen molar-refractivity contribution in [2.24, 2.45) is 0 Å². The van der Waals surface area contributed by atoms with E-state index in [4.69, 9.17) is 4.74 Å². The number of nitrogens with one attached hydrogen (secondary N) is 2. The molecule has 2 atom stereocenters. The van der Waals surface area contributed by atoms with E-state index in [1.807, 2.05) is 19.0 Å². The number of nitrogens with zero attached hydrogens (tertiary/aromatic N) is 6. The maximum absolute atomic E-state index is 13.8. The summed E-state index contributed by atoms with van der Waals surface area (Å²) in [5, 5.41) is 10.9. The van der Waals surface area contributed by atoms with Crippen molar-refractivity contribution in [1.82, 2.24) is 40.3 Å². The molecule has 17 heteroatoms. The van der Waals surface area contributed by atoms with Crippen LogP contribution in [0.25, 0.3) is 5.82 Å². The average Bonchev–Trinajstić information content (AvgIpc) is 3.48. The Kier molecular flexibility index (Phi) is 10.6. The van der Waals surface area contributed by atoms with Crippen LogP contribution in [0.3, 0.4) is 0 Å². The van der Waals surface area contributed by atoms with Gasteiger partial charge < -0.3 is 20.3 Å². The van der Waals surface area contributed by atoms with E-state index in [0.717, 1.165) is 15.3 Å². The number of carbonyl (C=O) groups excluding carboxylic acids is 5. The van der Waals surface area contributed by atoms with Gasteiger partial charge in [-0.2, -0.15) is 23.0 Å². The number of pyridine rings is 1. The summed E-state index contributed by atoms with van der Waals surface area (Å²) in [6.45, 7) is -0.408. The summed E-state index contributed by atoms with van der Waals surface area (Å²) in [6.07, 6.45) is -2.85. The first kappa shape index (κ1) is 35.0. The number of benzene rings is 1. The Morgan fingerprint density at radius 3 is 2.49 bits per heavy atom. The van der Waals surface area contributed by atoms with E-state index >= 15 is 0 Å². The second kappa shape index (κ2) is 14.8. The molecule has 5 rings (SSSR count). The Hall–Kier alpha value is -5.32. The second-order valence-electron chi connectivity index (χ2n) is 11.9. The summed E-state index contributed by atoms with van der Waals surface area (Å²) in [4.78, 5) is 71.8. The molecule has 14 nitrogen and oxygen atoms in total. The molecule has 0 unspecified atom stereocenters. The molecule has 0 bridgehead atoms. The lowest BCUT2D eigenvalue weighted by Crippen LogP contribution is -2.63. The van der Waals surface area contributed by atoms with E-state index in [0.29, 0.717) is 24.6 Å². The predicted octanol–water partition coefficient (Wildman–Crippen LogP) is 1.74. The minimum atomic E-state index is -4.78. The third-order valence-corrected chi connectivity index (χ3v) is 7.86. The first-order valence-electron chi connectivity index (χ1n) is 15.5. The number of carbonyl (C=O) groups is 5. The number of alkyl halides is 3. The number of fused-ring (bicyclic) bond motifs is 1. The highest BCUT2D eigenvalue weighted by atomic mass is 19.4. The summed E-state index contributed by atoms with van der Waals surface area (Å²) in [7, 11) is 3.84. The fourth-order valence-corrected chi connectivity index (χ4v) is 5.53. The zero-order chi connectivity index (χ0) is 35.3. The summed E-state index contributed by atoms with van der Waals surface area (Å²) in [6, 6.07) is 9.81. The molecule has 2 saturated heterocycles. The lowest BCUT2D eigenvalue weighted by Gasteiger charge is -2.42. The monoisotopic (exact) mass is 684 g/mol.